The third kappa shape index (κ3) is 11.3. The number of nitrogens with zero attached hydrogens (tertiary/aromatic N) is 1. The zero-order chi connectivity index (χ0) is 20.7. The van der Waals surface area contributed by atoms with Crippen LogP contribution in [0.2, 0.25) is 0 Å². The van der Waals surface area contributed by atoms with Gasteiger partial charge in [-0.05, 0) is 5.18 Å². The molecule has 0 bridgehead atoms. The number of Topliss-reactive ketones (excluding diaryl/α,β-unsaturated/α-hetero) is 1. The standard InChI is InChI=1S/C7H9NO6.C7H10O5/c1-13-5(10)3-4(9)6(8-12)7(11)14-2;1-11-6(9)3-5(8)4-7(10)12-2/h9H,3H2,1-2H3;3-4H2,1-2H3. The second-order valence-electron chi connectivity index (χ2n) is 4.18. The molecule has 0 amide bonds. The fraction of sp³-hybridized carbons (Fsp3) is 0.500. The van der Waals surface area contributed by atoms with Gasteiger partial charge in [-0.25, -0.2) is 4.79 Å². The topological polar surface area (TPSA) is 172 Å². The first-order valence-electron chi connectivity index (χ1n) is 6.72. The van der Waals surface area contributed by atoms with Crippen LogP contribution in [0, 0.1) is 4.91 Å². The first kappa shape index (κ1) is 24.9. The highest BCUT2D eigenvalue weighted by molar-refractivity contribution is 6.03. The predicted molar refractivity (Wildman–Crippen MR) is 82.4 cm³/mol. The van der Waals surface area contributed by atoms with Gasteiger partial charge < -0.3 is 24.1 Å². The lowest BCUT2D eigenvalue weighted by Crippen LogP contribution is -2.14. The molecular formula is C14H19NO11. The number of hydrogen-bond acceptors (Lipinski definition) is 12. The molecule has 0 aromatic carbocycles. The molecule has 0 aliphatic rings. The van der Waals surface area contributed by atoms with E-state index >= 15 is 0 Å². The SMILES string of the molecule is COC(=O)CC(=O)CC(=O)OC.COC(=O)CC(O)=C(N=O)C(=O)OC. The van der Waals surface area contributed by atoms with Crippen LogP contribution in [-0.2, 0) is 42.9 Å². The minimum Gasteiger partial charge on any atom is -0.509 e. The Morgan fingerprint density at radius 1 is 0.731 bits per heavy atom. The normalized spacial score (nSPS) is 10.2. The maximum absolute atomic E-state index is 10.8. The lowest BCUT2D eigenvalue weighted by molar-refractivity contribution is -0.147. The van der Waals surface area contributed by atoms with Crippen LogP contribution in [0.15, 0.2) is 16.6 Å². The van der Waals surface area contributed by atoms with Crippen LogP contribution in [0.1, 0.15) is 19.3 Å². The summed E-state index contributed by atoms with van der Waals surface area (Å²) >= 11 is 0. The Labute approximate surface area is 148 Å². The molecule has 0 spiro atoms. The number of carbonyl (C=O) groups is 5. The molecule has 0 aliphatic carbocycles. The van der Waals surface area contributed by atoms with E-state index in [1.807, 2.05) is 0 Å². The maximum atomic E-state index is 10.8. The van der Waals surface area contributed by atoms with Gasteiger partial charge in [0.25, 0.3) is 0 Å². The van der Waals surface area contributed by atoms with Crippen molar-refractivity contribution in [2.45, 2.75) is 19.3 Å². The third-order valence-electron chi connectivity index (χ3n) is 2.42. The predicted octanol–water partition coefficient (Wildman–Crippen LogP) is -0.0598. The number of ketones is 1. The summed E-state index contributed by atoms with van der Waals surface area (Å²) in [5.74, 6) is -4.49. The number of esters is 4. The van der Waals surface area contributed by atoms with Crippen LogP contribution in [0.25, 0.3) is 0 Å². The molecule has 0 radical (unpaired) electrons. The first-order valence-corrected chi connectivity index (χ1v) is 6.72. The lowest BCUT2D eigenvalue weighted by atomic mass is 10.2. The van der Waals surface area contributed by atoms with Gasteiger partial charge in [0, 0.05) is 0 Å². The van der Waals surface area contributed by atoms with Gasteiger partial charge in [-0.3, -0.25) is 19.2 Å². The largest absolute Gasteiger partial charge is 0.509 e. The fourth-order valence-electron chi connectivity index (χ4n) is 1.13. The van der Waals surface area contributed by atoms with E-state index in [1.54, 1.807) is 0 Å². The average molecular weight is 377 g/mol. The van der Waals surface area contributed by atoms with Gasteiger partial charge in [0.15, 0.2) is 5.78 Å². The van der Waals surface area contributed by atoms with Gasteiger partial charge in [0.05, 0.1) is 28.4 Å². The molecule has 0 saturated heterocycles. The van der Waals surface area contributed by atoms with Crippen LogP contribution < -0.4 is 0 Å². The van der Waals surface area contributed by atoms with Crippen molar-refractivity contribution in [3.05, 3.63) is 16.4 Å². The molecule has 0 fully saturated rings. The van der Waals surface area contributed by atoms with Crippen molar-refractivity contribution >= 4 is 29.7 Å². The van der Waals surface area contributed by atoms with Gasteiger partial charge in [0.1, 0.15) is 25.0 Å². The molecule has 26 heavy (non-hydrogen) atoms. The maximum Gasteiger partial charge on any atom is 0.363 e. The van der Waals surface area contributed by atoms with Gasteiger partial charge in [0.2, 0.25) is 5.70 Å². The second kappa shape index (κ2) is 14.1. The molecule has 1 N–H and O–H groups in total. The number of hydrogen-bond donors (Lipinski definition) is 1. The molecule has 146 valence electrons. The van der Waals surface area contributed by atoms with Crippen LogP contribution in [-0.4, -0.2) is 63.2 Å². The molecule has 0 saturated carbocycles. The van der Waals surface area contributed by atoms with Crippen molar-refractivity contribution in [1.82, 2.24) is 0 Å². The summed E-state index contributed by atoms with van der Waals surface area (Å²) in [7, 11) is 4.46. The molecule has 12 nitrogen and oxygen atoms in total. The third-order valence-corrected chi connectivity index (χ3v) is 2.42. The van der Waals surface area contributed by atoms with E-state index < -0.39 is 47.5 Å². The zero-order valence-electron chi connectivity index (χ0n) is 14.6. The summed E-state index contributed by atoms with van der Waals surface area (Å²) in [6.07, 6.45) is -1.37. The molecule has 0 aliphatic heterocycles. The summed E-state index contributed by atoms with van der Waals surface area (Å²) < 4.78 is 16.8. The van der Waals surface area contributed by atoms with E-state index in [0.29, 0.717) is 0 Å². The Bertz CT molecular complexity index is 559. The Morgan fingerprint density at radius 3 is 1.42 bits per heavy atom. The Morgan fingerprint density at radius 2 is 1.12 bits per heavy atom. The van der Waals surface area contributed by atoms with Gasteiger partial charge >= 0.3 is 23.9 Å². The fourth-order valence-corrected chi connectivity index (χ4v) is 1.13. The van der Waals surface area contributed by atoms with Gasteiger partial charge in [-0.15, -0.1) is 4.91 Å². The molecule has 0 atom stereocenters. The first-order chi connectivity index (χ1) is 12.2. The minimum atomic E-state index is -1.11. The summed E-state index contributed by atoms with van der Waals surface area (Å²) in [6, 6.07) is 0. The van der Waals surface area contributed by atoms with E-state index in [4.69, 9.17) is 5.11 Å². The summed E-state index contributed by atoms with van der Waals surface area (Å²) in [4.78, 5) is 63.3. The Balaban J connectivity index is 0. The number of ether oxygens (including phenoxy) is 4. The molecule has 0 aromatic heterocycles. The van der Waals surface area contributed by atoms with Crippen LogP contribution in [0.5, 0.6) is 0 Å². The number of aliphatic hydroxyl groups excluding tert-OH is 1. The van der Waals surface area contributed by atoms with Crippen LogP contribution >= 0.6 is 0 Å². The number of methoxy groups -OCH3 is 4. The lowest BCUT2D eigenvalue weighted by Gasteiger charge is -2.00. The minimum absolute atomic E-state index is 0.383. The van der Waals surface area contributed by atoms with Crippen molar-refractivity contribution in [3.8, 4) is 0 Å². The molecule has 0 rings (SSSR count). The summed E-state index contributed by atoms with van der Waals surface area (Å²) in [6.45, 7) is 0. The highest BCUT2D eigenvalue weighted by Gasteiger charge is 2.19. The van der Waals surface area contributed by atoms with Gasteiger partial charge in [-0.1, -0.05) is 0 Å². The van der Waals surface area contributed by atoms with E-state index in [0.717, 1.165) is 14.2 Å². The highest BCUT2D eigenvalue weighted by atomic mass is 16.5. The van der Waals surface area contributed by atoms with Crippen LogP contribution in [0.4, 0.5) is 0 Å². The van der Waals surface area contributed by atoms with E-state index in [2.05, 4.69) is 24.1 Å². The quantitative estimate of drug-likeness (QED) is 0.150. The highest BCUT2D eigenvalue weighted by Crippen LogP contribution is 2.09. The number of carbonyl (C=O) groups excluding carboxylic acids is 5. The Kier molecular flexibility index (Phi) is 13.5. The molecule has 0 aromatic rings. The molecule has 0 heterocycles. The second-order valence-corrected chi connectivity index (χ2v) is 4.18. The number of rotatable bonds is 8. The molecule has 12 heteroatoms. The average Bonchev–Trinajstić information content (AvgIpc) is 2.61. The van der Waals surface area contributed by atoms with Crippen LogP contribution in [0.3, 0.4) is 0 Å². The van der Waals surface area contributed by atoms with Gasteiger partial charge in [-0.2, -0.15) is 0 Å². The van der Waals surface area contributed by atoms with Crippen molar-refractivity contribution in [2.24, 2.45) is 5.18 Å². The molecular weight excluding hydrogens is 358 g/mol. The Hall–Kier alpha value is -3.31. The molecule has 0 unspecified atom stereocenters. The van der Waals surface area contributed by atoms with Crippen molar-refractivity contribution < 1.29 is 48.0 Å². The van der Waals surface area contributed by atoms with E-state index in [9.17, 15) is 28.9 Å². The smallest absolute Gasteiger partial charge is 0.363 e. The van der Waals surface area contributed by atoms with E-state index in [-0.39, 0.29) is 12.8 Å². The number of nitroso groups, excluding NO2 is 1. The van der Waals surface area contributed by atoms with E-state index in [1.165, 1.54) is 14.2 Å². The zero-order valence-corrected chi connectivity index (χ0v) is 14.6. The summed E-state index contributed by atoms with van der Waals surface area (Å²) in [5.41, 5.74) is -0.835. The number of aliphatic hydroxyl groups is 1. The van der Waals surface area contributed by atoms with Crippen molar-refractivity contribution in [2.75, 3.05) is 28.4 Å². The monoisotopic (exact) mass is 377 g/mol. The van der Waals surface area contributed by atoms with Crippen molar-refractivity contribution in [3.63, 3.8) is 0 Å². The van der Waals surface area contributed by atoms with Crippen molar-refractivity contribution in [1.29, 1.82) is 0 Å². The summed E-state index contributed by atoms with van der Waals surface area (Å²) in [5, 5.41) is 11.3.